The van der Waals surface area contributed by atoms with E-state index in [1.54, 1.807) is 0 Å². The molecule has 2 amide bonds. The molecule has 0 aromatic rings. The molecule has 5 nitrogen and oxygen atoms in total. The van der Waals surface area contributed by atoms with Crippen LogP contribution in [0.2, 0.25) is 0 Å². The summed E-state index contributed by atoms with van der Waals surface area (Å²) in [4.78, 5) is 17.3. The van der Waals surface area contributed by atoms with Crippen molar-refractivity contribution in [3.8, 4) is 0 Å². The lowest BCUT2D eigenvalue weighted by molar-refractivity contribution is 0.0824. The van der Waals surface area contributed by atoms with Crippen LogP contribution in [0.5, 0.6) is 0 Å². The molecule has 0 aromatic heterocycles. The molecule has 118 valence electrons. The highest BCUT2D eigenvalue weighted by Gasteiger charge is 2.56. The highest BCUT2D eigenvalue weighted by Crippen LogP contribution is 2.44. The third-order valence-corrected chi connectivity index (χ3v) is 5.88. The van der Waals surface area contributed by atoms with E-state index in [1.807, 2.05) is 0 Å². The van der Waals surface area contributed by atoms with Gasteiger partial charge in [0.15, 0.2) is 0 Å². The number of fused-ring (bicyclic) bond motifs is 2. The van der Waals surface area contributed by atoms with Gasteiger partial charge in [-0.25, -0.2) is 4.79 Å². The molecule has 1 N–H and O–H groups in total. The Morgan fingerprint density at radius 3 is 2.52 bits per heavy atom. The molecule has 0 radical (unpaired) electrons. The molecule has 0 saturated carbocycles. The lowest BCUT2D eigenvalue weighted by Gasteiger charge is -2.45. The number of carbonyl (C=O) groups excluding carboxylic acids is 1. The summed E-state index contributed by atoms with van der Waals surface area (Å²) in [5.74, 6) is 0. The van der Waals surface area contributed by atoms with E-state index in [1.165, 1.54) is 12.8 Å². The van der Waals surface area contributed by atoms with E-state index in [4.69, 9.17) is 4.74 Å². The Morgan fingerprint density at radius 2 is 1.95 bits per heavy atom. The summed E-state index contributed by atoms with van der Waals surface area (Å²) in [7, 11) is 0. The highest BCUT2D eigenvalue weighted by atomic mass is 16.5. The number of hydrogen-bond acceptors (Lipinski definition) is 3. The molecule has 4 aliphatic rings. The van der Waals surface area contributed by atoms with E-state index in [0.717, 1.165) is 39.0 Å². The van der Waals surface area contributed by atoms with Crippen LogP contribution in [-0.2, 0) is 4.74 Å². The van der Waals surface area contributed by atoms with Crippen molar-refractivity contribution >= 4 is 6.03 Å². The molecule has 4 rings (SSSR count). The van der Waals surface area contributed by atoms with Gasteiger partial charge in [0.25, 0.3) is 0 Å². The predicted molar refractivity (Wildman–Crippen MR) is 80.2 cm³/mol. The van der Waals surface area contributed by atoms with Gasteiger partial charge < -0.3 is 19.9 Å². The van der Waals surface area contributed by atoms with Crippen molar-refractivity contribution in [2.45, 2.75) is 75.7 Å². The Bertz CT molecular complexity index is 421. The second kappa shape index (κ2) is 4.85. The van der Waals surface area contributed by atoms with Crippen LogP contribution in [0.15, 0.2) is 0 Å². The Balaban J connectivity index is 1.64. The van der Waals surface area contributed by atoms with Gasteiger partial charge >= 0.3 is 6.03 Å². The number of hydrogen-bond donors (Lipinski definition) is 1. The zero-order valence-corrected chi connectivity index (χ0v) is 13.2. The molecule has 4 saturated heterocycles. The van der Waals surface area contributed by atoms with Crippen LogP contribution in [0, 0.1) is 0 Å². The third-order valence-electron chi connectivity index (χ3n) is 5.88. The van der Waals surface area contributed by atoms with Gasteiger partial charge in [-0.1, -0.05) is 0 Å². The minimum Gasteiger partial charge on any atom is -0.379 e. The van der Waals surface area contributed by atoms with Gasteiger partial charge in [-0.2, -0.15) is 0 Å². The number of rotatable bonds is 2. The third kappa shape index (κ3) is 2.08. The van der Waals surface area contributed by atoms with E-state index >= 15 is 0 Å². The maximum atomic E-state index is 13.0. The highest BCUT2D eigenvalue weighted by molar-refractivity contribution is 5.79. The molecule has 21 heavy (non-hydrogen) atoms. The second-order valence-electron chi connectivity index (χ2n) is 7.66. The predicted octanol–water partition coefficient (Wildman–Crippen LogP) is 1.57. The molecule has 1 spiro atoms. The first-order valence-corrected chi connectivity index (χ1v) is 8.53. The number of carbonyl (C=O) groups is 1. The minimum absolute atomic E-state index is 0.0604. The summed E-state index contributed by atoms with van der Waals surface area (Å²) < 4.78 is 5.52. The Hall–Kier alpha value is -0.810. The molecule has 0 aliphatic carbocycles. The van der Waals surface area contributed by atoms with Crippen molar-refractivity contribution in [1.82, 2.24) is 15.1 Å². The number of nitrogens with zero attached hydrogens (tertiary/aromatic N) is 2. The Labute approximate surface area is 127 Å². The maximum absolute atomic E-state index is 13.0. The summed E-state index contributed by atoms with van der Waals surface area (Å²) in [5, 5.41) is 3.72. The fourth-order valence-corrected chi connectivity index (χ4v) is 5.17. The summed E-state index contributed by atoms with van der Waals surface area (Å²) in [5.41, 5.74) is 0.0604. The van der Waals surface area contributed by atoms with Crippen molar-refractivity contribution < 1.29 is 9.53 Å². The van der Waals surface area contributed by atoms with Crippen LogP contribution in [0.1, 0.15) is 46.0 Å². The number of ether oxygens (including phenoxy) is 1. The molecule has 0 aromatic carbocycles. The van der Waals surface area contributed by atoms with Crippen LogP contribution >= 0.6 is 0 Å². The summed E-state index contributed by atoms with van der Waals surface area (Å²) in [6.07, 6.45) is 5.80. The van der Waals surface area contributed by atoms with E-state index in [9.17, 15) is 4.79 Å². The smallest absolute Gasteiger partial charge is 0.321 e. The van der Waals surface area contributed by atoms with Gasteiger partial charge in [0, 0.05) is 31.3 Å². The monoisotopic (exact) mass is 293 g/mol. The minimum atomic E-state index is 0.0604. The van der Waals surface area contributed by atoms with E-state index in [2.05, 4.69) is 29.0 Å². The first-order valence-electron chi connectivity index (χ1n) is 8.53. The summed E-state index contributed by atoms with van der Waals surface area (Å²) in [6, 6.07) is 2.05. The number of nitrogens with one attached hydrogen (secondary N) is 1. The van der Waals surface area contributed by atoms with E-state index in [-0.39, 0.29) is 17.6 Å². The average molecular weight is 293 g/mol. The average Bonchev–Trinajstić information content (AvgIpc) is 3.10. The Morgan fingerprint density at radius 1 is 1.24 bits per heavy atom. The van der Waals surface area contributed by atoms with Crippen LogP contribution in [0.4, 0.5) is 4.79 Å². The fourth-order valence-electron chi connectivity index (χ4n) is 5.17. The molecular formula is C16H27N3O2. The zero-order valence-electron chi connectivity index (χ0n) is 13.2. The van der Waals surface area contributed by atoms with Gasteiger partial charge in [0.05, 0.1) is 18.2 Å². The molecule has 2 bridgehead atoms. The standard InChI is InChI=1S/C16H27N3O2/c1-11(2)19-15(20)18(14-5-6-21-9-14)10-16(19)7-12-3-4-13(8-16)17-12/h11-14,17H,3-10H2,1-2H3/t12?,13?,14-,16?/m1/s1. The van der Waals surface area contributed by atoms with Gasteiger partial charge in [-0.15, -0.1) is 0 Å². The summed E-state index contributed by atoms with van der Waals surface area (Å²) in [6.45, 7) is 6.76. The first-order chi connectivity index (χ1) is 10.1. The quantitative estimate of drug-likeness (QED) is 0.840. The topological polar surface area (TPSA) is 44.8 Å². The number of urea groups is 1. The zero-order chi connectivity index (χ0) is 14.6. The van der Waals surface area contributed by atoms with Crippen molar-refractivity contribution in [3.63, 3.8) is 0 Å². The maximum Gasteiger partial charge on any atom is 0.321 e. The summed E-state index contributed by atoms with van der Waals surface area (Å²) >= 11 is 0. The van der Waals surface area contributed by atoms with Crippen molar-refractivity contribution in [2.75, 3.05) is 19.8 Å². The van der Waals surface area contributed by atoms with Gasteiger partial charge in [0.2, 0.25) is 0 Å². The molecule has 4 heterocycles. The molecule has 4 aliphatic heterocycles. The first kappa shape index (κ1) is 13.8. The van der Waals surface area contributed by atoms with Crippen LogP contribution in [-0.4, -0.2) is 65.3 Å². The van der Waals surface area contributed by atoms with Crippen molar-refractivity contribution in [3.05, 3.63) is 0 Å². The SMILES string of the molecule is CC(C)N1C(=O)N([C@@H]2CCOC2)CC12CC1CCC(C2)N1. The van der Waals surface area contributed by atoms with Gasteiger partial charge in [0.1, 0.15) is 0 Å². The lowest BCUT2D eigenvalue weighted by Crippen LogP contribution is -2.59. The van der Waals surface area contributed by atoms with E-state index < -0.39 is 0 Å². The fraction of sp³-hybridized carbons (Fsp3) is 0.938. The molecule has 5 heteroatoms. The van der Waals surface area contributed by atoms with E-state index in [0.29, 0.717) is 18.1 Å². The molecule has 4 fully saturated rings. The van der Waals surface area contributed by atoms with Crippen LogP contribution in [0.25, 0.3) is 0 Å². The molecular weight excluding hydrogens is 266 g/mol. The van der Waals surface area contributed by atoms with Crippen LogP contribution in [0.3, 0.4) is 0 Å². The van der Waals surface area contributed by atoms with Crippen LogP contribution < -0.4 is 5.32 Å². The van der Waals surface area contributed by atoms with Gasteiger partial charge in [-0.3, -0.25) is 0 Å². The molecule has 3 atom stereocenters. The lowest BCUT2D eigenvalue weighted by atomic mass is 9.82. The number of piperidine rings is 1. The van der Waals surface area contributed by atoms with Gasteiger partial charge in [-0.05, 0) is 46.0 Å². The molecule has 2 unspecified atom stereocenters. The number of amides is 2. The largest absolute Gasteiger partial charge is 0.379 e. The second-order valence-corrected chi connectivity index (χ2v) is 7.66. The normalized spacial score (nSPS) is 42.8. The van der Waals surface area contributed by atoms with Crippen molar-refractivity contribution in [2.24, 2.45) is 0 Å². The Kier molecular flexibility index (Phi) is 3.19. The van der Waals surface area contributed by atoms with Crippen molar-refractivity contribution in [1.29, 1.82) is 0 Å².